The van der Waals surface area contributed by atoms with E-state index in [9.17, 15) is 14.4 Å². The van der Waals surface area contributed by atoms with E-state index in [-0.39, 0.29) is 6.54 Å². The minimum absolute atomic E-state index is 0.312. The number of benzene rings is 2. The van der Waals surface area contributed by atoms with Crippen molar-refractivity contribution in [3.05, 3.63) is 88.1 Å². The molecule has 0 aliphatic carbocycles. The van der Waals surface area contributed by atoms with Crippen LogP contribution in [0, 0.1) is 20.8 Å². The standard InChI is InChI=1S/C25H23N3O3S/c1-16-9-11-21(12-10-16)28-17(2)13-19(18(28)3)14-22-24(30)27(25(31)32-22)15-23(29)26-20-7-5-4-6-8-20/h4-14H,15H2,1-3H3,(H,26,29)/b22-14-. The molecule has 6 nitrogen and oxygen atoms in total. The molecule has 1 aliphatic heterocycles. The fraction of sp³-hybridized carbons (Fsp3) is 0.160. The average molecular weight is 446 g/mol. The largest absolute Gasteiger partial charge is 0.325 e. The summed E-state index contributed by atoms with van der Waals surface area (Å²) in [5.74, 6) is -0.874. The fourth-order valence-corrected chi connectivity index (χ4v) is 4.50. The van der Waals surface area contributed by atoms with Crippen molar-refractivity contribution in [2.24, 2.45) is 0 Å². The van der Waals surface area contributed by atoms with E-state index in [1.54, 1.807) is 30.3 Å². The second-order valence-corrected chi connectivity index (χ2v) is 8.67. The number of aryl methyl sites for hydroxylation is 2. The zero-order chi connectivity index (χ0) is 22.8. The summed E-state index contributed by atoms with van der Waals surface area (Å²) in [4.78, 5) is 38.9. The molecule has 3 amide bonds. The summed E-state index contributed by atoms with van der Waals surface area (Å²) in [7, 11) is 0. The van der Waals surface area contributed by atoms with Gasteiger partial charge in [0.15, 0.2) is 0 Å². The average Bonchev–Trinajstić information content (AvgIpc) is 3.19. The Morgan fingerprint density at radius 1 is 1.00 bits per heavy atom. The molecule has 0 spiro atoms. The molecule has 4 rings (SSSR count). The maximum atomic E-state index is 12.8. The first-order valence-electron chi connectivity index (χ1n) is 10.2. The highest BCUT2D eigenvalue weighted by atomic mass is 32.2. The van der Waals surface area contributed by atoms with E-state index in [0.29, 0.717) is 10.6 Å². The van der Waals surface area contributed by atoms with E-state index >= 15 is 0 Å². The molecule has 1 aliphatic rings. The van der Waals surface area contributed by atoms with Crippen LogP contribution >= 0.6 is 11.8 Å². The van der Waals surface area contributed by atoms with Gasteiger partial charge < -0.3 is 9.88 Å². The SMILES string of the molecule is Cc1ccc(-n2c(C)cc(/C=C3\SC(=O)N(CC(=O)Nc4ccccc4)C3=O)c2C)cc1. The van der Waals surface area contributed by atoms with Crippen LogP contribution in [-0.4, -0.2) is 33.1 Å². The number of nitrogens with zero attached hydrogens (tertiary/aromatic N) is 2. The van der Waals surface area contributed by atoms with Gasteiger partial charge in [0.25, 0.3) is 11.1 Å². The molecule has 3 aromatic rings. The van der Waals surface area contributed by atoms with Crippen molar-refractivity contribution in [3.63, 3.8) is 0 Å². The van der Waals surface area contributed by atoms with Crippen molar-refractivity contribution in [3.8, 4) is 5.69 Å². The first-order chi connectivity index (χ1) is 15.3. The van der Waals surface area contributed by atoms with Gasteiger partial charge in [0.05, 0.1) is 4.91 Å². The minimum Gasteiger partial charge on any atom is -0.325 e. The van der Waals surface area contributed by atoms with E-state index in [1.165, 1.54) is 5.56 Å². The van der Waals surface area contributed by atoms with Crippen LogP contribution in [0.25, 0.3) is 11.8 Å². The highest BCUT2D eigenvalue weighted by Crippen LogP contribution is 2.33. The number of hydrogen-bond donors (Lipinski definition) is 1. The van der Waals surface area contributed by atoms with Gasteiger partial charge in [-0.2, -0.15) is 0 Å². The molecule has 1 N–H and O–H groups in total. The first kappa shape index (κ1) is 21.6. The number of hydrogen-bond acceptors (Lipinski definition) is 4. The molecular weight excluding hydrogens is 422 g/mol. The number of nitrogens with one attached hydrogen (secondary N) is 1. The van der Waals surface area contributed by atoms with E-state index in [0.717, 1.165) is 39.3 Å². The van der Waals surface area contributed by atoms with Gasteiger partial charge in [-0.3, -0.25) is 19.3 Å². The summed E-state index contributed by atoms with van der Waals surface area (Å²) in [6.07, 6.45) is 1.73. The van der Waals surface area contributed by atoms with Crippen molar-refractivity contribution in [1.82, 2.24) is 9.47 Å². The predicted molar refractivity (Wildman–Crippen MR) is 128 cm³/mol. The predicted octanol–water partition coefficient (Wildman–Crippen LogP) is 5.08. The first-order valence-corrected chi connectivity index (χ1v) is 11.0. The third-order valence-electron chi connectivity index (χ3n) is 5.28. The van der Waals surface area contributed by atoms with E-state index < -0.39 is 17.1 Å². The van der Waals surface area contributed by atoms with Crippen molar-refractivity contribution in [2.45, 2.75) is 20.8 Å². The molecule has 1 saturated heterocycles. The summed E-state index contributed by atoms with van der Waals surface area (Å²) in [6.45, 7) is 5.71. The zero-order valence-electron chi connectivity index (χ0n) is 18.1. The topological polar surface area (TPSA) is 71.4 Å². The highest BCUT2D eigenvalue weighted by molar-refractivity contribution is 8.18. The number of carbonyl (C=O) groups is 3. The lowest BCUT2D eigenvalue weighted by Gasteiger charge is -2.12. The van der Waals surface area contributed by atoms with Crippen LogP contribution in [0.3, 0.4) is 0 Å². The summed E-state index contributed by atoms with van der Waals surface area (Å²) >= 11 is 0.856. The summed E-state index contributed by atoms with van der Waals surface area (Å²) in [5.41, 5.74) is 5.70. The Morgan fingerprint density at radius 2 is 1.69 bits per heavy atom. The van der Waals surface area contributed by atoms with Gasteiger partial charge in [-0.15, -0.1) is 0 Å². The van der Waals surface area contributed by atoms with Crippen LogP contribution in [0.4, 0.5) is 10.5 Å². The Bertz CT molecular complexity index is 1230. The number of amides is 3. The van der Waals surface area contributed by atoms with Gasteiger partial charge in [-0.1, -0.05) is 35.9 Å². The second-order valence-electron chi connectivity index (χ2n) is 7.68. The van der Waals surface area contributed by atoms with Gasteiger partial charge in [0.2, 0.25) is 5.91 Å². The molecule has 2 aromatic carbocycles. The molecule has 32 heavy (non-hydrogen) atoms. The molecule has 162 valence electrons. The summed E-state index contributed by atoms with van der Waals surface area (Å²) in [6, 6.07) is 19.1. The van der Waals surface area contributed by atoms with Crippen LogP contribution in [0.5, 0.6) is 0 Å². The van der Waals surface area contributed by atoms with Crippen LogP contribution in [0.2, 0.25) is 0 Å². The molecular formula is C25H23N3O3S. The van der Waals surface area contributed by atoms with Crippen molar-refractivity contribution >= 4 is 40.6 Å². The van der Waals surface area contributed by atoms with Gasteiger partial charge in [0.1, 0.15) is 6.54 Å². The number of rotatable bonds is 5. The van der Waals surface area contributed by atoms with Crippen LogP contribution < -0.4 is 5.32 Å². The second kappa shape index (κ2) is 8.88. The van der Waals surface area contributed by atoms with Crippen LogP contribution in [0.15, 0.2) is 65.6 Å². The van der Waals surface area contributed by atoms with Gasteiger partial charge in [0, 0.05) is 22.8 Å². The van der Waals surface area contributed by atoms with Gasteiger partial charge >= 0.3 is 0 Å². The van der Waals surface area contributed by atoms with E-state index in [4.69, 9.17) is 0 Å². The number of aromatic nitrogens is 1. The molecule has 1 fully saturated rings. The smallest absolute Gasteiger partial charge is 0.294 e. The Morgan fingerprint density at radius 3 is 2.38 bits per heavy atom. The number of thioether (sulfide) groups is 1. The van der Waals surface area contributed by atoms with E-state index in [1.807, 2.05) is 32.9 Å². The summed E-state index contributed by atoms with van der Waals surface area (Å²) < 4.78 is 2.11. The van der Waals surface area contributed by atoms with Crippen LogP contribution in [-0.2, 0) is 9.59 Å². The number of para-hydroxylation sites is 1. The lowest BCUT2D eigenvalue weighted by Crippen LogP contribution is -2.36. The molecule has 0 radical (unpaired) electrons. The quantitative estimate of drug-likeness (QED) is 0.556. The molecule has 0 atom stereocenters. The fourth-order valence-electron chi connectivity index (χ4n) is 3.67. The normalized spacial score (nSPS) is 15.0. The maximum Gasteiger partial charge on any atom is 0.294 e. The maximum absolute atomic E-state index is 12.8. The number of anilines is 1. The monoisotopic (exact) mass is 445 g/mol. The highest BCUT2D eigenvalue weighted by Gasteiger charge is 2.36. The Hall–Kier alpha value is -3.58. The minimum atomic E-state index is -0.455. The van der Waals surface area contributed by atoms with E-state index in [2.05, 4.69) is 34.1 Å². The Labute approximate surface area is 190 Å². The molecule has 2 heterocycles. The number of imide groups is 1. The molecule has 0 bridgehead atoms. The molecule has 1 aromatic heterocycles. The molecule has 0 unspecified atom stereocenters. The van der Waals surface area contributed by atoms with Crippen molar-refractivity contribution in [1.29, 1.82) is 0 Å². The lowest BCUT2D eigenvalue weighted by atomic mass is 10.2. The van der Waals surface area contributed by atoms with Crippen molar-refractivity contribution in [2.75, 3.05) is 11.9 Å². The number of carbonyl (C=O) groups excluding carboxylic acids is 3. The third-order valence-corrected chi connectivity index (χ3v) is 6.19. The van der Waals surface area contributed by atoms with Crippen LogP contribution in [0.1, 0.15) is 22.5 Å². The van der Waals surface area contributed by atoms with Gasteiger partial charge in [-0.05, 0) is 74.5 Å². The van der Waals surface area contributed by atoms with Gasteiger partial charge in [-0.25, -0.2) is 0 Å². The lowest BCUT2D eigenvalue weighted by molar-refractivity contribution is -0.127. The molecule has 7 heteroatoms. The Balaban J connectivity index is 1.53. The Kier molecular flexibility index (Phi) is 6.01. The summed E-state index contributed by atoms with van der Waals surface area (Å²) in [5, 5.41) is 2.25. The van der Waals surface area contributed by atoms with Crippen molar-refractivity contribution < 1.29 is 14.4 Å². The third kappa shape index (κ3) is 4.38. The zero-order valence-corrected chi connectivity index (χ0v) is 18.9. The molecule has 0 saturated carbocycles.